The Hall–Kier alpha value is -1.88. The van der Waals surface area contributed by atoms with Gasteiger partial charge in [0.1, 0.15) is 0 Å². The van der Waals surface area contributed by atoms with E-state index in [-0.39, 0.29) is 11.8 Å². The van der Waals surface area contributed by atoms with Gasteiger partial charge in [0.15, 0.2) is 0 Å². The smallest absolute Gasteiger partial charge is 0.254 e. The first kappa shape index (κ1) is 17.9. The van der Waals surface area contributed by atoms with E-state index in [2.05, 4.69) is 22.2 Å². The number of likely N-dealkylation sites (tertiary alicyclic amines) is 2. The van der Waals surface area contributed by atoms with Gasteiger partial charge in [-0.2, -0.15) is 0 Å². The molecule has 2 atom stereocenters. The van der Waals surface area contributed by atoms with Crippen LogP contribution in [0.1, 0.15) is 48.5 Å². The number of carbonyl (C=O) groups is 2. The molecule has 1 aromatic rings. The molecule has 2 amide bonds. The van der Waals surface area contributed by atoms with Gasteiger partial charge in [-0.05, 0) is 63.4 Å². The number of nitrogens with one attached hydrogen (secondary N) is 1. The highest BCUT2D eigenvalue weighted by Crippen LogP contribution is 2.30. The standard InChI is InChI=1S/C20H29N3O2/c1-15(24)21-12-11-16-7-9-17(10-8-16)20(25)23-14-4-6-19(23)18-5-3-13-22(18)2/h7-10,18-19H,3-6,11-14H2,1-2H3,(H,21,24). The van der Waals surface area contributed by atoms with Crippen LogP contribution in [0, 0.1) is 0 Å². The zero-order valence-corrected chi connectivity index (χ0v) is 15.3. The average molecular weight is 343 g/mol. The third-order valence-corrected chi connectivity index (χ3v) is 5.57. The molecule has 25 heavy (non-hydrogen) atoms. The average Bonchev–Trinajstić information content (AvgIpc) is 3.23. The lowest BCUT2D eigenvalue weighted by Gasteiger charge is -2.33. The van der Waals surface area contributed by atoms with E-state index in [0.717, 1.165) is 43.5 Å². The maximum absolute atomic E-state index is 13.0. The van der Waals surface area contributed by atoms with Gasteiger partial charge in [-0.1, -0.05) is 12.1 Å². The molecule has 0 saturated carbocycles. The van der Waals surface area contributed by atoms with Gasteiger partial charge in [0.2, 0.25) is 5.91 Å². The van der Waals surface area contributed by atoms with Crippen molar-refractivity contribution in [2.24, 2.45) is 0 Å². The van der Waals surface area contributed by atoms with Crippen LogP contribution in [0.2, 0.25) is 0 Å². The number of hydrogen-bond donors (Lipinski definition) is 1. The highest BCUT2D eigenvalue weighted by atomic mass is 16.2. The Morgan fingerprint density at radius 1 is 1.08 bits per heavy atom. The van der Waals surface area contributed by atoms with E-state index in [0.29, 0.717) is 18.6 Å². The van der Waals surface area contributed by atoms with Crippen LogP contribution in [0.5, 0.6) is 0 Å². The van der Waals surface area contributed by atoms with Gasteiger partial charge in [-0.15, -0.1) is 0 Å². The molecule has 2 heterocycles. The van der Waals surface area contributed by atoms with Crippen LogP contribution in [-0.4, -0.2) is 60.4 Å². The Bertz CT molecular complexity index is 614. The molecule has 2 saturated heterocycles. The fraction of sp³-hybridized carbons (Fsp3) is 0.600. The molecule has 0 radical (unpaired) electrons. The van der Waals surface area contributed by atoms with Crippen molar-refractivity contribution < 1.29 is 9.59 Å². The minimum atomic E-state index is -0.0104. The second-order valence-corrected chi connectivity index (χ2v) is 7.33. The fourth-order valence-electron chi connectivity index (χ4n) is 4.23. The normalized spacial score (nSPS) is 23.8. The summed E-state index contributed by atoms with van der Waals surface area (Å²) in [5.41, 5.74) is 1.91. The second-order valence-electron chi connectivity index (χ2n) is 7.33. The Balaban J connectivity index is 1.62. The Kier molecular flexibility index (Phi) is 5.74. The fourth-order valence-corrected chi connectivity index (χ4v) is 4.23. The topological polar surface area (TPSA) is 52.7 Å². The quantitative estimate of drug-likeness (QED) is 0.890. The molecular formula is C20H29N3O2. The second kappa shape index (κ2) is 8.00. The SMILES string of the molecule is CC(=O)NCCc1ccc(C(=O)N2CCCC2C2CCCN2C)cc1. The van der Waals surface area contributed by atoms with Crippen LogP contribution in [0.3, 0.4) is 0 Å². The molecule has 2 unspecified atom stereocenters. The summed E-state index contributed by atoms with van der Waals surface area (Å²) in [6, 6.07) is 8.74. The van der Waals surface area contributed by atoms with Crippen LogP contribution >= 0.6 is 0 Å². The molecular weight excluding hydrogens is 314 g/mol. The maximum Gasteiger partial charge on any atom is 0.254 e. The number of rotatable bonds is 5. The Morgan fingerprint density at radius 2 is 1.76 bits per heavy atom. The van der Waals surface area contributed by atoms with Gasteiger partial charge in [0.25, 0.3) is 5.91 Å². The van der Waals surface area contributed by atoms with E-state index in [1.165, 1.54) is 19.8 Å². The van der Waals surface area contributed by atoms with Gasteiger partial charge >= 0.3 is 0 Å². The van der Waals surface area contributed by atoms with E-state index in [9.17, 15) is 9.59 Å². The molecule has 5 heteroatoms. The zero-order valence-electron chi connectivity index (χ0n) is 15.3. The third-order valence-electron chi connectivity index (χ3n) is 5.57. The molecule has 1 aromatic carbocycles. The largest absolute Gasteiger partial charge is 0.356 e. The van der Waals surface area contributed by atoms with Crippen molar-refractivity contribution in [3.05, 3.63) is 35.4 Å². The molecule has 0 aromatic heterocycles. The Morgan fingerprint density at radius 3 is 2.40 bits per heavy atom. The molecule has 0 spiro atoms. The number of benzene rings is 1. The van der Waals surface area contributed by atoms with Gasteiger partial charge in [0, 0.05) is 37.7 Å². The molecule has 2 fully saturated rings. The van der Waals surface area contributed by atoms with E-state index in [1.54, 1.807) is 0 Å². The summed E-state index contributed by atoms with van der Waals surface area (Å²) >= 11 is 0. The molecule has 2 aliphatic rings. The predicted octanol–water partition coefficient (Wildman–Crippen LogP) is 2.06. The molecule has 136 valence electrons. The van der Waals surface area contributed by atoms with E-state index in [4.69, 9.17) is 0 Å². The van der Waals surface area contributed by atoms with Crippen molar-refractivity contribution >= 4 is 11.8 Å². The first-order chi connectivity index (χ1) is 12.1. The summed E-state index contributed by atoms with van der Waals surface area (Å²) in [4.78, 5) is 28.4. The van der Waals surface area contributed by atoms with Crippen molar-refractivity contribution in [3.8, 4) is 0 Å². The summed E-state index contributed by atoms with van der Waals surface area (Å²) in [7, 11) is 2.18. The zero-order chi connectivity index (χ0) is 17.8. The minimum absolute atomic E-state index is 0.0104. The van der Waals surface area contributed by atoms with E-state index >= 15 is 0 Å². The van der Waals surface area contributed by atoms with Crippen LogP contribution < -0.4 is 5.32 Å². The molecule has 0 bridgehead atoms. The number of carbonyl (C=O) groups excluding carboxylic acids is 2. The van der Waals surface area contributed by atoms with Gasteiger partial charge in [0.05, 0.1) is 0 Å². The lowest BCUT2D eigenvalue weighted by atomic mass is 10.0. The van der Waals surface area contributed by atoms with Crippen molar-refractivity contribution in [3.63, 3.8) is 0 Å². The van der Waals surface area contributed by atoms with Crippen molar-refractivity contribution in [2.75, 3.05) is 26.7 Å². The van der Waals surface area contributed by atoms with Crippen LogP contribution in [0.25, 0.3) is 0 Å². The molecule has 3 rings (SSSR count). The van der Waals surface area contributed by atoms with Gasteiger partial charge in [-0.3, -0.25) is 9.59 Å². The monoisotopic (exact) mass is 343 g/mol. The lowest BCUT2D eigenvalue weighted by Crippen LogP contribution is -2.47. The van der Waals surface area contributed by atoms with Gasteiger partial charge < -0.3 is 15.1 Å². The summed E-state index contributed by atoms with van der Waals surface area (Å²) < 4.78 is 0. The number of likely N-dealkylation sites (N-methyl/N-ethyl adjacent to an activating group) is 1. The van der Waals surface area contributed by atoms with E-state index < -0.39 is 0 Å². The molecule has 0 aliphatic carbocycles. The van der Waals surface area contributed by atoms with Gasteiger partial charge in [-0.25, -0.2) is 0 Å². The highest BCUT2D eigenvalue weighted by Gasteiger charge is 2.38. The van der Waals surface area contributed by atoms with Crippen LogP contribution in [0.4, 0.5) is 0 Å². The molecule has 5 nitrogen and oxygen atoms in total. The Labute approximate surface area is 150 Å². The summed E-state index contributed by atoms with van der Waals surface area (Å²) in [5, 5.41) is 2.80. The lowest BCUT2D eigenvalue weighted by molar-refractivity contribution is -0.118. The summed E-state index contributed by atoms with van der Waals surface area (Å²) in [6.07, 6.45) is 5.45. The molecule has 1 N–H and O–H groups in total. The van der Waals surface area contributed by atoms with E-state index in [1.807, 2.05) is 24.3 Å². The maximum atomic E-state index is 13.0. The van der Waals surface area contributed by atoms with Crippen LogP contribution in [0.15, 0.2) is 24.3 Å². The number of nitrogens with zero attached hydrogens (tertiary/aromatic N) is 2. The minimum Gasteiger partial charge on any atom is -0.356 e. The predicted molar refractivity (Wildman–Crippen MR) is 98.5 cm³/mol. The first-order valence-electron chi connectivity index (χ1n) is 9.41. The summed E-state index contributed by atoms with van der Waals surface area (Å²) in [5.74, 6) is 0.153. The van der Waals surface area contributed by atoms with Crippen molar-refractivity contribution in [1.82, 2.24) is 15.1 Å². The summed E-state index contributed by atoms with van der Waals surface area (Å²) in [6.45, 7) is 4.17. The number of amides is 2. The molecule has 2 aliphatic heterocycles. The highest BCUT2D eigenvalue weighted by molar-refractivity contribution is 5.94. The van der Waals surface area contributed by atoms with Crippen molar-refractivity contribution in [2.45, 2.75) is 51.1 Å². The van der Waals surface area contributed by atoms with Crippen molar-refractivity contribution in [1.29, 1.82) is 0 Å². The number of hydrogen-bond acceptors (Lipinski definition) is 3. The first-order valence-corrected chi connectivity index (χ1v) is 9.41. The third kappa shape index (κ3) is 4.21. The van der Waals surface area contributed by atoms with Crippen LogP contribution in [-0.2, 0) is 11.2 Å².